The van der Waals surface area contributed by atoms with E-state index in [2.05, 4.69) is 35.4 Å². The Labute approximate surface area is 204 Å². The van der Waals surface area contributed by atoms with Crippen LogP contribution in [0, 0.1) is 31.1 Å². The van der Waals surface area contributed by atoms with Crippen LogP contribution < -0.4 is 10.2 Å². The largest absolute Gasteiger partial charge is 0.493 e. The molecule has 2 aromatic carbocycles. The van der Waals surface area contributed by atoms with E-state index in [9.17, 15) is 5.26 Å². The zero-order valence-electron chi connectivity index (χ0n) is 20.3. The number of nitrogens with one attached hydrogen (secondary N) is 1. The van der Waals surface area contributed by atoms with Crippen molar-refractivity contribution in [2.45, 2.75) is 34.1 Å². The number of para-hydroxylation sites is 1. The first-order valence-corrected chi connectivity index (χ1v) is 11.5. The molecule has 0 fully saturated rings. The van der Waals surface area contributed by atoms with Gasteiger partial charge in [-0.1, -0.05) is 32.0 Å². The summed E-state index contributed by atoms with van der Waals surface area (Å²) in [5.41, 5.74) is 7.42. The van der Waals surface area contributed by atoms with Gasteiger partial charge >= 0.3 is 0 Å². The lowest BCUT2D eigenvalue weighted by atomic mass is 10.1. The Morgan fingerprint density at radius 2 is 2.00 bits per heavy atom. The number of ether oxygens (including phenoxy) is 1. The number of nitriles is 1. The van der Waals surface area contributed by atoms with Gasteiger partial charge in [-0.3, -0.25) is 0 Å². The maximum atomic E-state index is 9.21. The van der Waals surface area contributed by atoms with Crippen molar-refractivity contribution < 1.29 is 9.15 Å². The van der Waals surface area contributed by atoms with E-state index in [1.165, 1.54) is 0 Å². The molecule has 2 heterocycles. The van der Waals surface area contributed by atoms with Gasteiger partial charge in [0.25, 0.3) is 5.88 Å². The highest BCUT2D eigenvalue weighted by atomic mass is 16.5. The second-order valence-corrected chi connectivity index (χ2v) is 8.62. The molecule has 0 saturated heterocycles. The molecule has 0 aliphatic rings. The summed E-state index contributed by atoms with van der Waals surface area (Å²) < 4.78 is 13.2. The van der Waals surface area contributed by atoms with Gasteiger partial charge in [-0.15, -0.1) is 0 Å². The van der Waals surface area contributed by atoms with Gasteiger partial charge in [0, 0.05) is 24.2 Å². The minimum Gasteiger partial charge on any atom is -0.493 e. The molecule has 2 aromatic heterocycles. The zero-order valence-corrected chi connectivity index (χ0v) is 20.3. The molecule has 0 bridgehead atoms. The van der Waals surface area contributed by atoms with Crippen LogP contribution >= 0.6 is 0 Å². The Balaban J connectivity index is 1.64. The lowest BCUT2D eigenvalue weighted by molar-refractivity contribution is 0.288. The first kappa shape index (κ1) is 23.8. The van der Waals surface area contributed by atoms with Crippen LogP contribution in [0.25, 0.3) is 16.9 Å². The van der Waals surface area contributed by atoms with E-state index in [0.717, 1.165) is 40.2 Å². The summed E-state index contributed by atoms with van der Waals surface area (Å²) >= 11 is 0. The summed E-state index contributed by atoms with van der Waals surface area (Å²) in [6, 6.07) is 17.9. The van der Waals surface area contributed by atoms with Crippen LogP contribution in [0.15, 0.2) is 64.2 Å². The fourth-order valence-electron chi connectivity index (χ4n) is 3.52. The molecule has 4 rings (SSSR count). The van der Waals surface area contributed by atoms with Crippen LogP contribution in [0.5, 0.6) is 5.75 Å². The number of aryl methyl sites for hydroxylation is 2. The molecule has 4 aromatic rings. The lowest BCUT2D eigenvalue weighted by Gasteiger charge is -2.11. The molecule has 0 amide bonds. The van der Waals surface area contributed by atoms with Gasteiger partial charge in [0.15, 0.2) is 5.89 Å². The maximum absolute atomic E-state index is 9.21. The van der Waals surface area contributed by atoms with Crippen molar-refractivity contribution in [3.8, 4) is 28.8 Å². The third kappa shape index (κ3) is 5.76. The third-order valence-electron chi connectivity index (χ3n) is 5.37. The van der Waals surface area contributed by atoms with Gasteiger partial charge in [-0.2, -0.15) is 15.5 Å². The summed E-state index contributed by atoms with van der Waals surface area (Å²) in [6.45, 7) is 8.77. The monoisotopic (exact) mass is 468 g/mol. The second-order valence-electron chi connectivity index (χ2n) is 8.62. The highest BCUT2D eigenvalue weighted by Crippen LogP contribution is 2.28. The topological polar surface area (TPSA) is 101 Å². The fourth-order valence-corrected chi connectivity index (χ4v) is 3.52. The highest BCUT2D eigenvalue weighted by Gasteiger charge is 2.14. The average molecular weight is 469 g/mol. The predicted molar refractivity (Wildman–Crippen MR) is 136 cm³/mol. The van der Waals surface area contributed by atoms with Gasteiger partial charge in [-0.05, 0) is 55.2 Å². The Morgan fingerprint density at radius 3 is 2.71 bits per heavy atom. The third-order valence-corrected chi connectivity index (χ3v) is 5.37. The minimum absolute atomic E-state index is 0.156. The molecule has 0 unspecified atom stereocenters. The molecule has 8 nitrogen and oxygen atoms in total. The van der Waals surface area contributed by atoms with Crippen molar-refractivity contribution in [2.75, 3.05) is 12.0 Å². The van der Waals surface area contributed by atoms with E-state index < -0.39 is 0 Å². The summed E-state index contributed by atoms with van der Waals surface area (Å²) in [4.78, 5) is 4.02. The summed E-state index contributed by atoms with van der Waals surface area (Å²) in [6.07, 6.45) is 4.58. The van der Waals surface area contributed by atoms with Crippen molar-refractivity contribution in [3.63, 3.8) is 0 Å². The molecular weight excluding hydrogens is 440 g/mol. The van der Waals surface area contributed by atoms with Gasteiger partial charge in [-0.25, -0.2) is 15.1 Å². The van der Waals surface area contributed by atoms with Crippen molar-refractivity contribution in [2.24, 2.45) is 11.0 Å². The van der Waals surface area contributed by atoms with E-state index in [1.807, 2.05) is 66.3 Å². The quantitative estimate of drug-likeness (QED) is 0.243. The minimum atomic E-state index is 0.156. The summed E-state index contributed by atoms with van der Waals surface area (Å²) in [7, 11) is 0. The molecule has 8 heteroatoms. The van der Waals surface area contributed by atoms with Crippen molar-refractivity contribution in [3.05, 3.63) is 77.4 Å². The van der Waals surface area contributed by atoms with E-state index >= 15 is 0 Å². The molecule has 0 aliphatic heterocycles. The van der Waals surface area contributed by atoms with Crippen LogP contribution in [0.4, 0.5) is 5.88 Å². The fraction of sp³-hybridized carbons (Fsp3) is 0.259. The molecule has 35 heavy (non-hydrogen) atoms. The van der Waals surface area contributed by atoms with Gasteiger partial charge in [0.05, 0.1) is 18.5 Å². The number of anilines is 1. The summed E-state index contributed by atoms with van der Waals surface area (Å²) in [5, 5.41) is 18.3. The number of oxazole rings is 1. The van der Waals surface area contributed by atoms with E-state index in [-0.39, 0.29) is 11.6 Å². The molecule has 1 N–H and O–H groups in total. The van der Waals surface area contributed by atoms with Crippen LogP contribution in [0.2, 0.25) is 0 Å². The molecule has 0 spiro atoms. The Bertz CT molecular complexity index is 1360. The van der Waals surface area contributed by atoms with E-state index in [1.54, 1.807) is 13.1 Å². The molecule has 178 valence electrons. The van der Waals surface area contributed by atoms with Crippen LogP contribution in [0.3, 0.4) is 0 Å². The SMILES string of the molecule is Cc1nc(C#N)c(NN=Cc2cn(-c3ccccc3)nc2-c2ccc(OCCC(C)C)c(C)c2)o1. The number of nitrogens with zero attached hydrogens (tertiary/aromatic N) is 5. The average Bonchev–Trinajstić information content (AvgIpc) is 3.43. The number of benzene rings is 2. The number of hydrogen-bond donors (Lipinski definition) is 1. The second kappa shape index (κ2) is 10.7. The van der Waals surface area contributed by atoms with Gasteiger partial charge in [0.1, 0.15) is 17.5 Å². The lowest BCUT2D eigenvalue weighted by Crippen LogP contribution is -2.02. The smallest absolute Gasteiger partial charge is 0.252 e. The Kier molecular flexibility index (Phi) is 7.27. The number of aromatic nitrogens is 3. The van der Waals surface area contributed by atoms with Crippen LogP contribution in [-0.2, 0) is 0 Å². The molecule has 0 aliphatic carbocycles. The van der Waals surface area contributed by atoms with Crippen molar-refractivity contribution >= 4 is 12.1 Å². The van der Waals surface area contributed by atoms with Gasteiger partial charge < -0.3 is 9.15 Å². The van der Waals surface area contributed by atoms with E-state index in [0.29, 0.717) is 18.4 Å². The molecule has 0 saturated carbocycles. The van der Waals surface area contributed by atoms with Gasteiger partial charge in [0.2, 0.25) is 5.69 Å². The predicted octanol–water partition coefficient (Wildman–Crippen LogP) is 5.89. The molecule has 0 atom stereocenters. The number of rotatable bonds is 9. The van der Waals surface area contributed by atoms with Crippen molar-refractivity contribution in [1.29, 1.82) is 5.26 Å². The first-order chi connectivity index (χ1) is 16.9. The molecule has 0 radical (unpaired) electrons. The van der Waals surface area contributed by atoms with Crippen LogP contribution in [0.1, 0.15) is 43.0 Å². The Morgan fingerprint density at radius 1 is 1.20 bits per heavy atom. The summed E-state index contributed by atoms with van der Waals surface area (Å²) in [5.74, 6) is 2.07. The van der Waals surface area contributed by atoms with Crippen LogP contribution in [-0.4, -0.2) is 27.6 Å². The number of hydrazone groups is 1. The Hall–Kier alpha value is -4.38. The van der Waals surface area contributed by atoms with E-state index in [4.69, 9.17) is 14.3 Å². The van der Waals surface area contributed by atoms with Crippen molar-refractivity contribution in [1.82, 2.24) is 14.8 Å². The zero-order chi connectivity index (χ0) is 24.8. The highest BCUT2D eigenvalue weighted by molar-refractivity contribution is 5.89. The first-order valence-electron chi connectivity index (χ1n) is 11.5. The normalized spacial score (nSPS) is 11.2. The number of hydrogen-bond acceptors (Lipinski definition) is 7. The standard InChI is InChI=1S/C27H28N6O2/c1-18(2)12-13-34-25-11-10-21(14-19(25)3)26-22(17-33(32-26)23-8-6-5-7-9-23)16-29-31-27-24(15-28)30-20(4)35-27/h5-11,14,16-18,31H,12-13H2,1-4H3. The maximum Gasteiger partial charge on any atom is 0.252 e. The molecular formula is C27H28N6O2.